The minimum Gasteiger partial charge on any atom is -0.497 e. The lowest BCUT2D eigenvalue weighted by Crippen LogP contribution is -2.03. The molecule has 0 saturated carbocycles. The topological polar surface area (TPSA) is 180 Å². The normalized spacial score (nSPS) is 10.4. The summed E-state index contributed by atoms with van der Waals surface area (Å²) in [5, 5.41) is 45.7. The van der Waals surface area contributed by atoms with Crippen molar-refractivity contribution in [3.63, 3.8) is 0 Å². The van der Waals surface area contributed by atoms with Crippen molar-refractivity contribution < 1.29 is 19.9 Å². The third kappa shape index (κ3) is 5.71. The molecule has 0 aliphatic rings. The average Bonchev–Trinajstić information content (AvgIpc) is 3.37. The summed E-state index contributed by atoms with van der Waals surface area (Å²) in [5.41, 5.74) is 0.281. The summed E-state index contributed by atoms with van der Waals surface area (Å²) < 4.78 is 1.91. The highest BCUT2D eigenvalue weighted by atomic mass is 16.6. The maximum atomic E-state index is 10.4. The first-order chi connectivity index (χ1) is 16.7. The quantitative estimate of drug-likeness (QED) is 0.285. The van der Waals surface area contributed by atoms with E-state index < -0.39 is 37.6 Å². The Labute approximate surface area is 197 Å². The van der Waals surface area contributed by atoms with Crippen LogP contribution in [0.3, 0.4) is 0 Å². The van der Waals surface area contributed by atoms with Crippen LogP contribution in [-0.4, -0.2) is 34.6 Å². The molecule has 0 radical (unpaired) electrons. The number of phenols is 1. The van der Waals surface area contributed by atoms with Gasteiger partial charge in [-0.05, 0) is 31.0 Å². The predicted molar refractivity (Wildman–Crippen MR) is 126 cm³/mol. The second kappa shape index (κ2) is 10.8. The van der Waals surface area contributed by atoms with Crippen LogP contribution < -0.4 is 0 Å². The van der Waals surface area contributed by atoms with Gasteiger partial charge in [0.05, 0.1) is 43.8 Å². The smallest absolute Gasteiger partial charge is 0.324 e. The summed E-state index contributed by atoms with van der Waals surface area (Å²) in [7, 11) is 0. The van der Waals surface area contributed by atoms with Crippen molar-refractivity contribution in [2.24, 2.45) is 0 Å². The molecule has 35 heavy (non-hydrogen) atoms. The van der Waals surface area contributed by atoms with Crippen LogP contribution in [0.4, 0.5) is 17.1 Å². The summed E-state index contributed by atoms with van der Waals surface area (Å²) in [6, 6.07) is 13.3. The number of hydrogen-bond acceptors (Lipinski definition) is 9. The number of benzene rings is 2. The molecule has 0 spiro atoms. The van der Waals surface area contributed by atoms with Crippen molar-refractivity contribution in [2.75, 3.05) is 0 Å². The molecule has 2 aromatic heterocycles. The van der Waals surface area contributed by atoms with Crippen LogP contribution in [0.15, 0.2) is 60.9 Å². The Morgan fingerprint density at radius 2 is 1.60 bits per heavy atom. The minimum absolute atomic E-state index is 0.447. The lowest BCUT2D eigenvalue weighted by Gasteiger charge is -2.10. The average molecular weight is 480 g/mol. The van der Waals surface area contributed by atoms with Crippen LogP contribution >= 0.6 is 0 Å². The van der Waals surface area contributed by atoms with Gasteiger partial charge in [0.15, 0.2) is 0 Å². The lowest BCUT2D eigenvalue weighted by molar-refractivity contribution is -0.404. The van der Waals surface area contributed by atoms with Crippen LogP contribution in [0.25, 0.3) is 16.6 Å². The van der Waals surface area contributed by atoms with Gasteiger partial charge in [-0.15, -0.1) is 0 Å². The zero-order valence-corrected chi connectivity index (χ0v) is 18.5. The van der Waals surface area contributed by atoms with Crippen LogP contribution in [0.2, 0.25) is 0 Å². The van der Waals surface area contributed by atoms with Gasteiger partial charge in [-0.1, -0.05) is 31.5 Å². The van der Waals surface area contributed by atoms with Gasteiger partial charge in [0, 0.05) is 17.8 Å². The van der Waals surface area contributed by atoms with E-state index >= 15 is 0 Å². The molecule has 4 aromatic rings. The Bertz CT molecular complexity index is 1350. The zero-order chi connectivity index (χ0) is 25.5. The lowest BCUT2D eigenvalue weighted by atomic mass is 10.1. The molecule has 0 aliphatic carbocycles. The molecule has 0 fully saturated rings. The highest BCUT2D eigenvalue weighted by Crippen LogP contribution is 2.38. The number of non-ortho nitro benzene ring substituents is 1. The van der Waals surface area contributed by atoms with E-state index in [2.05, 4.69) is 30.2 Å². The van der Waals surface area contributed by atoms with Gasteiger partial charge in [0.2, 0.25) is 0 Å². The van der Waals surface area contributed by atoms with Crippen molar-refractivity contribution >= 4 is 28.0 Å². The summed E-state index contributed by atoms with van der Waals surface area (Å²) in [5.74, 6) is -1.21. The van der Waals surface area contributed by atoms with E-state index in [-0.39, 0.29) is 0 Å². The van der Waals surface area contributed by atoms with Crippen molar-refractivity contribution in [1.82, 2.24) is 14.8 Å². The van der Waals surface area contributed by atoms with Crippen LogP contribution in [-0.2, 0) is 6.42 Å². The molecule has 2 aromatic carbocycles. The molecule has 13 nitrogen and oxygen atoms in total. The Kier molecular flexibility index (Phi) is 7.61. The van der Waals surface area contributed by atoms with E-state index in [1.807, 2.05) is 29.1 Å². The number of rotatable bonds is 7. The van der Waals surface area contributed by atoms with E-state index in [0.29, 0.717) is 12.1 Å². The Morgan fingerprint density at radius 3 is 2.14 bits per heavy atom. The number of phenolic OH excluding ortho intramolecular Hbond substituents is 1. The number of nitrogens with zero attached hydrogens (tertiary/aromatic N) is 6. The maximum absolute atomic E-state index is 10.4. The third-order valence-corrected chi connectivity index (χ3v) is 4.96. The number of para-hydroxylation sites is 1. The molecular weight excluding hydrogens is 460 g/mol. The number of unbranched alkanes of at least 4 members (excludes halogenated alkanes) is 1. The fourth-order valence-electron chi connectivity index (χ4n) is 3.26. The number of pyridine rings is 1. The molecule has 0 unspecified atom stereocenters. The summed E-state index contributed by atoms with van der Waals surface area (Å²) in [6.07, 6.45) is 7.10. The second-order valence-corrected chi connectivity index (χ2v) is 7.31. The Balaban J connectivity index is 0.000000199. The number of hydrogen-bond donors (Lipinski definition) is 1. The van der Waals surface area contributed by atoms with Gasteiger partial charge < -0.3 is 5.11 Å². The van der Waals surface area contributed by atoms with Gasteiger partial charge >= 0.3 is 11.4 Å². The predicted octanol–water partition coefficient (Wildman–Crippen LogP) is 4.88. The van der Waals surface area contributed by atoms with Gasteiger partial charge in [0.25, 0.3) is 11.4 Å². The maximum Gasteiger partial charge on any atom is 0.324 e. The number of fused-ring (bicyclic) bond motifs is 1. The largest absolute Gasteiger partial charge is 0.497 e. The first-order valence-corrected chi connectivity index (χ1v) is 10.4. The molecule has 0 amide bonds. The molecule has 0 aliphatic heterocycles. The van der Waals surface area contributed by atoms with Crippen LogP contribution in [0, 0.1) is 30.3 Å². The Morgan fingerprint density at radius 1 is 0.943 bits per heavy atom. The first kappa shape index (κ1) is 24.7. The highest BCUT2D eigenvalue weighted by molar-refractivity contribution is 5.81. The van der Waals surface area contributed by atoms with E-state index in [0.717, 1.165) is 35.1 Å². The molecule has 1 N–H and O–H groups in total. The van der Waals surface area contributed by atoms with E-state index in [1.165, 1.54) is 6.42 Å². The first-order valence-electron chi connectivity index (χ1n) is 10.4. The van der Waals surface area contributed by atoms with E-state index in [1.54, 1.807) is 6.20 Å². The monoisotopic (exact) mass is 480 g/mol. The van der Waals surface area contributed by atoms with E-state index in [9.17, 15) is 30.3 Å². The van der Waals surface area contributed by atoms with Gasteiger partial charge in [0.1, 0.15) is 0 Å². The molecule has 0 bridgehead atoms. The number of aromatic nitrogens is 3. The van der Waals surface area contributed by atoms with Crippen molar-refractivity contribution in [3.8, 4) is 11.4 Å². The number of nitro groups is 3. The van der Waals surface area contributed by atoms with Gasteiger partial charge in [-0.25, -0.2) is 4.68 Å². The van der Waals surface area contributed by atoms with Crippen molar-refractivity contribution in [3.05, 3.63) is 97.0 Å². The summed E-state index contributed by atoms with van der Waals surface area (Å²) in [4.78, 5) is 32.6. The fraction of sp³-hybridized carbons (Fsp3) is 0.182. The SMILES string of the molecule is CCCCc1nc2ccccc2cc1-n1cccn1.O=[N+]([O-])c1cc([N+](=O)[O-])c(O)c([N+](=O)[O-])c1. The second-order valence-electron chi connectivity index (χ2n) is 7.31. The molecule has 13 heteroatoms. The number of aryl methyl sites for hydroxylation is 1. The van der Waals surface area contributed by atoms with Crippen molar-refractivity contribution in [1.29, 1.82) is 0 Å². The minimum atomic E-state index is -1.21. The molecule has 2 heterocycles. The molecule has 0 atom stereocenters. The summed E-state index contributed by atoms with van der Waals surface area (Å²) in [6.45, 7) is 2.20. The van der Waals surface area contributed by atoms with Gasteiger partial charge in [-0.3, -0.25) is 35.3 Å². The standard InChI is InChI=1S/C16H17N3.C6H3N3O7/c1-2-3-8-15-16(19-11-6-10-17-19)12-13-7-4-5-9-14(13)18-15;10-6-4(8(13)14)1-3(7(11)12)2-5(6)9(15)16/h4-7,9-12H,2-3,8H2,1H3;1-2,10H. The molecule has 4 rings (SSSR count). The third-order valence-electron chi connectivity index (χ3n) is 4.96. The highest BCUT2D eigenvalue weighted by Gasteiger charge is 2.30. The van der Waals surface area contributed by atoms with Crippen LogP contribution in [0.5, 0.6) is 5.75 Å². The van der Waals surface area contributed by atoms with Crippen LogP contribution in [0.1, 0.15) is 25.5 Å². The van der Waals surface area contributed by atoms with Gasteiger partial charge in [-0.2, -0.15) is 5.10 Å². The molecular formula is C22H20N6O7. The van der Waals surface area contributed by atoms with E-state index in [4.69, 9.17) is 10.1 Å². The molecule has 180 valence electrons. The fourth-order valence-corrected chi connectivity index (χ4v) is 3.26. The molecule has 0 saturated heterocycles. The zero-order valence-electron chi connectivity index (χ0n) is 18.5. The summed E-state index contributed by atoms with van der Waals surface area (Å²) >= 11 is 0. The van der Waals surface area contributed by atoms with Crippen molar-refractivity contribution in [2.45, 2.75) is 26.2 Å². The number of nitro benzene ring substituents is 3. The Hall–Kier alpha value is -4.94. The number of aromatic hydroxyl groups is 1.